The third kappa shape index (κ3) is 6.45. The van der Waals surface area contributed by atoms with E-state index in [2.05, 4.69) is 46.0 Å². The van der Waals surface area contributed by atoms with Gasteiger partial charge in [0.1, 0.15) is 11.4 Å². The maximum absolute atomic E-state index is 13.1. The van der Waals surface area contributed by atoms with E-state index in [-0.39, 0.29) is 5.91 Å². The highest BCUT2D eigenvalue weighted by atomic mass is 32.2. The lowest BCUT2D eigenvalue weighted by atomic mass is 10.1. The van der Waals surface area contributed by atoms with Gasteiger partial charge in [0.15, 0.2) is 5.17 Å². The summed E-state index contributed by atoms with van der Waals surface area (Å²) >= 11 is 1.46. The van der Waals surface area contributed by atoms with E-state index in [0.717, 1.165) is 72.6 Å². The quantitative estimate of drug-likeness (QED) is 0.241. The molecule has 8 heteroatoms. The van der Waals surface area contributed by atoms with Gasteiger partial charge in [-0.15, -0.1) is 0 Å². The molecule has 6 rings (SSSR count). The van der Waals surface area contributed by atoms with Gasteiger partial charge in [-0.25, -0.2) is 4.68 Å². The second-order valence-electron chi connectivity index (χ2n) is 10.1. The SMILES string of the molecule is CCCOc1cccc(-c2nn(-c3ccccc3)cc2/C=C2\SC(N3CCN(Cc4ccccc4)CC3)=NC2=O)c1. The molecule has 0 radical (unpaired) electrons. The molecule has 0 saturated carbocycles. The molecule has 1 fully saturated rings. The van der Waals surface area contributed by atoms with E-state index in [1.54, 1.807) is 0 Å². The van der Waals surface area contributed by atoms with Gasteiger partial charge >= 0.3 is 0 Å². The van der Waals surface area contributed by atoms with Crippen molar-refractivity contribution in [3.63, 3.8) is 0 Å². The van der Waals surface area contributed by atoms with Crippen LogP contribution in [0.1, 0.15) is 24.5 Å². The Kier molecular flexibility index (Phi) is 8.30. The van der Waals surface area contributed by atoms with Crippen LogP contribution < -0.4 is 4.74 Å². The molecule has 1 aromatic heterocycles. The van der Waals surface area contributed by atoms with Crippen molar-refractivity contribution >= 4 is 28.9 Å². The summed E-state index contributed by atoms with van der Waals surface area (Å²) in [7, 11) is 0. The number of hydrogen-bond donors (Lipinski definition) is 0. The molecule has 3 heterocycles. The number of amides is 1. The molecule has 208 valence electrons. The number of carbonyl (C=O) groups is 1. The zero-order valence-corrected chi connectivity index (χ0v) is 24.0. The molecule has 0 aliphatic carbocycles. The van der Waals surface area contributed by atoms with Gasteiger partial charge in [0.05, 0.1) is 17.2 Å². The number of thioether (sulfide) groups is 1. The predicted octanol–water partition coefficient (Wildman–Crippen LogP) is 6.12. The van der Waals surface area contributed by atoms with Crippen molar-refractivity contribution in [2.24, 2.45) is 4.99 Å². The number of rotatable bonds is 8. The molecular formula is C33H33N5O2S. The third-order valence-electron chi connectivity index (χ3n) is 7.13. The fourth-order valence-electron chi connectivity index (χ4n) is 5.00. The van der Waals surface area contributed by atoms with E-state index in [1.807, 2.05) is 77.6 Å². The zero-order valence-electron chi connectivity index (χ0n) is 23.1. The van der Waals surface area contributed by atoms with E-state index < -0.39 is 0 Å². The highest BCUT2D eigenvalue weighted by Gasteiger charge is 2.29. The Balaban J connectivity index is 1.21. The number of carbonyl (C=O) groups excluding carboxylic acids is 1. The van der Waals surface area contributed by atoms with E-state index in [0.29, 0.717) is 11.5 Å². The Morgan fingerprint density at radius 1 is 0.927 bits per heavy atom. The van der Waals surface area contributed by atoms with E-state index >= 15 is 0 Å². The third-order valence-corrected chi connectivity index (χ3v) is 8.18. The van der Waals surface area contributed by atoms with Crippen LogP contribution in [-0.2, 0) is 11.3 Å². The molecule has 41 heavy (non-hydrogen) atoms. The zero-order chi connectivity index (χ0) is 28.0. The number of hydrogen-bond acceptors (Lipinski definition) is 6. The number of nitrogens with zero attached hydrogens (tertiary/aromatic N) is 5. The molecule has 0 unspecified atom stereocenters. The van der Waals surface area contributed by atoms with Crippen LogP contribution in [0, 0.1) is 0 Å². The first-order valence-electron chi connectivity index (χ1n) is 14.1. The van der Waals surface area contributed by atoms with E-state index in [9.17, 15) is 4.79 Å². The molecule has 2 aliphatic rings. The van der Waals surface area contributed by atoms with Crippen LogP contribution in [0.25, 0.3) is 23.0 Å². The minimum atomic E-state index is -0.199. The van der Waals surface area contributed by atoms with Crippen LogP contribution in [0.3, 0.4) is 0 Å². The Hall–Kier alpha value is -4.14. The number of ether oxygens (including phenoxy) is 1. The molecule has 3 aromatic carbocycles. The number of piperazine rings is 1. The van der Waals surface area contributed by atoms with Gasteiger partial charge in [-0.2, -0.15) is 10.1 Å². The molecule has 4 aromatic rings. The molecule has 0 atom stereocenters. The van der Waals surface area contributed by atoms with Gasteiger partial charge in [0.25, 0.3) is 5.91 Å². The van der Waals surface area contributed by atoms with Crippen molar-refractivity contribution < 1.29 is 9.53 Å². The summed E-state index contributed by atoms with van der Waals surface area (Å²) in [6.45, 7) is 7.26. The van der Waals surface area contributed by atoms with Crippen molar-refractivity contribution in [3.8, 4) is 22.7 Å². The van der Waals surface area contributed by atoms with Crippen molar-refractivity contribution in [2.75, 3.05) is 32.8 Å². The lowest BCUT2D eigenvalue weighted by molar-refractivity contribution is -0.113. The molecule has 2 aliphatic heterocycles. The fourth-order valence-corrected chi connectivity index (χ4v) is 5.95. The normalized spacial score (nSPS) is 16.8. The Bertz CT molecular complexity index is 1560. The van der Waals surface area contributed by atoms with Crippen LogP contribution in [0.2, 0.25) is 0 Å². The molecule has 1 amide bonds. The first kappa shape index (κ1) is 27.1. The van der Waals surface area contributed by atoms with Crippen molar-refractivity contribution in [1.82, 2.24) is 19.6 Å². The largest absolute Gasteiger partial charge is 0.494 e. The lowest BCUT2D eigenvalue weighted by Gasteiger charge is -2.35. The summed E-state index contributed by atoms with van der Waals surface area (Å²) in [5.74, 6) is 0.607. The second kappa shape index (κ2) is 12.6. The van der Waals surface area contributed by atoms with E-state index in [4.69, 9.17) is 9.84 Å². The smallest absolute Gasteiger partial charge is 0.286 e. The number of aliphatic imine (C=N–C) groups is 1. The first-order chi connectivity index (χ1) is 20.2. The molecule has 7 nitrogen and oxygen atoms in total. The van der Waals surface area contributed by atoms with Gasteiger partial charge in [-0.1, -0.05) is 67.6 Å². The fraction of sp³-hybridized carbons (Fsp3) is 0.242. The van der Waals surface area contributed by atoms with Crippen molar-refractivity contribution in [1.29, 1.82) is 0 Å². The average molecular weight is 564 g/mol. The number of amidine groups is 1. The Morgan fingerprint density at radius 3 is 2.44 bits per heavy atom. The van der Waals surface area contributed by atoms with Crippen molar-refractivity contribution in [2.45, 2.75) is 19.9 Å². The lowest BCUT2D eigenvalue weighted by Crippen LogP contribution is -2.47. The van der Waals surface area contributed by atoms with Crippen LogP contribution >= 0.6 is 11.8 Å². The first-order valence-corrected chi connectivity index (χ1v) is 14.9. The van der Waals surface area contributed by atoms with E-state index in [1.165, 1.54) is 17.3 Å². The number of para-hydroxylation sites is 1. The van der Waals surface area contributed by atoms with Crippen LogP contribution in [0.4, 0.5) is 0 Å². The van der Waals surface area contributed by atoms with Crippen LogP contribution in [0.5, 0.6) is 5.75 Å². The highest BCUT2D eigenvalue weighted by molar-refractivity contribution is 8.18. The summed E-state index contributed by atoms with van der Waals surface area (Å²) in [5, 5.41) is 5.72. The van der Waals surface area contributed by atoms with Gasteiger partial charge in [0, 0.05) is 50.0 Å². The van der Waals surface area contributed by atoms with Gasteiger partial charge in [-0.3, -0.25) is 9.69 Å². The van der Waals surface area contributed by atoms with Gasteiger partial charge < -0.3 is 9.64 Å². The Morgan fingerprint density at radius 2 is 1.68 bits per heavy atom. The Labute approximate surface area is 245 Å². The van der Waals surface area contributed by atoms with Crippen molar-refractivity contribution in [3.05, 3.63) is 107 Å². The second-order valence-corrected chi connectivity index (χ2v) is 11.2. The molecule has 0 N–H and O–H groups in total. The maximum atomic E-state index is 13.1. The minimum Gasteiger partial charge on any atom is -0.494 e. The number of aromatic nitrogens is 2. The summed E-state index contributed by atoms with van der Waals surface area (Å²) in [6, 6.07) is 28.5. The molecule has 0 spiro atoms. The monoisotopic (exact) mass is 563 g/mol. The average Bonchev–Trinajstić information content (AvgIpc) is 3.61. The molecule has 1 saturated heterocycles. The summed E-state index contributed by atoms with van der Waals surface area (Å²) in [4.78, 5) is 22.8. The maximum Gasteiger partial charge on any atom is 0.286 e. The summed E-state index contributed by atoms with van der Waals surface area (Å²) in [5.41, 5.74) is 4.86. The van der Waals surface area contributed by atoms with Gasteiger partial charge in [0.2, 0.25) is 0 Å². The summed E-state index contributed by atoms with van der Waals surface area (Å²) < 4.78 is 7.75. The molecular weight excluding hydrogens is 530 g/mol. The topological polar surface area (TPSA) is 63.0 Å². The molecule has 0 bridgehead atoms. The van der Waals surface area contributed by atoms with Gasteiger partial charge in [-0.05, 0) is 54.1 Å². The van der Waals surface area contributed by atoms with Crippen LogP contribution in [-0.4, -0.2) is 63.4 Å². The number of benzene rings is 3. The van der Waals surface area contributed by atoms with Crippen LogP contribution in [0.15, 0.2) is 101 Å². The predicted molar refractivity (Wildman–Crippen MR) is 166 cm³/mol. The minimum absolute atomic E-state index is 0.199. The summed E-state index contributed by atoms with van der Waals surface area (Å²) in [6.07, 6.45) is 4.84. The highest BCUT2D eigenvalue weighted by Crippen LogP contribution is 2.34. The standard InChI is InChI=1S/C33H33N5O2S/c1-2-20-40-29-15-9-12-26(21-29)31-27(24-38(35-31)28-13-7-4-8-14-28)22-30-32(39)34-33(41-30)37-18-16-36(17-19-37)23-25-10-5-3-6-11-25/h3-15,21-22,24H,2,16-20,23H2,1H3/b30-22-.